The van der Waals surface area contributed by atoms with Crippen LogP contribution in [0.25, 0.3) is 10.9 Å². The number of aromatic nitrogens is 1. The first-order valence-electron chi connectivity index (χ1n) is 8.96. The molecule has 0 fully saturated rings. The van der Waals surface area contributed by atoms with Crippen molar-refractivity contribution in [1.29, 1.82) is 0 Å². The summed E-state index contributed by atoms with van der Waals surface area (Å²) in [4.78, 5) is 18.0. The maximum absolute atomic E-state index is 12.9. The van der Waals surface area contributed by atoms with Gasteiger partial charge in [-0.2, -0.15) is 0 Å². The predicted molar refractivity (Wildman–Crippen MR) is 107 cm³/mol. The van der Waals surface area contributed by atoms with Crippen molar-refractivity contribution >= 4 is 16.8 Å². The van der Waals surface area contributed by atoms with E-state index in [9.17, 15) is 4.79 Å². The zero-order chi connectivity index (χ0) is 19.6. The monoisotopic (exact) mass is 366 g/mol. The highest BCUT2D eigenvalue weighted by molar-refractivity contribution is 5.90. The molecule has 0 atom stereocenters. The van der Waals surface area contributed by atoms with E-state index in [1.807, 2.05) is 32.2 Å². The van der Waals surface area contributed by atoms with Crippen LogP contribution in [-0.4, -0.2) is 37.1 Å². The van der Waals surface area contributed by atoms with Gasteiger partial charge in [-0.25, -0.2) is 0 Å². The molecule has 3 rings (SSSR count). The third kappa shape index (κ3) is 3.77. The van der Waals surface area contributed by atoms with Crippen molar-refractivity contribution in [3.63, 3.8) is 0 Å². The molecule has 0 spiro atoms. The Kier molecular flexibility index (Phi) is 5.40. The van der Waals surface area contributed by atoms with Crippen molar-refractivity contribution in [2.24, 2.45) is 0 Å². The van der Waals surface area contributed by atoms with Crippen molar-refractivity contribution in [3.8, 4) is 11.5 Å². The summed E-state index contributed by atoms with van der Waals surface area (Å²) in [5, 5.41) is 1.12. The maximum atomic E-state index is 12.9. The molecule has 1 N–H and O–H groups in total. The van der Waals surface area contributed by atoms with Gasteiger partial charge in [0.05, 0.1) is 20.6 Å². The number of hydrogen-bond acceptors (Lipinski definition) is 3. The topological polar surface area (TPSA) is 54.6 Å². The lowest BCUT2D eigenvalue weighted by Crippen LogP contribution is -2.28. The standard InChI is InChI=1S/C22H26N2O3/c1-14-9-10-19-18(11-14)17(15(2)23-19)12-21(25)24(3)13-16-7-6-8-20(26-4)22(16)27-5/h6-11,23H,12-13H2,1-5H3. The van der Waals surface area contributed by atoms with Crippen LogP contribution >= 0.6 is 0 Å². The van der Waals surface area contributed by atoms with Crippen LogP contribution in [0, 0.1) is 13.8 Å². The highest BCUT2D eigenvalue weighted by atomic mass is 16.5. The number of carbonyl (C=O) groups excluding carboxylic acids is 1. The lowest BCUT2D eigenvalue weighted by atomic mass is 10.0. The summed E-state index contributed by atoms with van der Waals surface area (Å²) in [5.41, 5.74) is 5.27. The minimum Gasteiger partial charge on any atom is -0.493 e. The molecule has 27 heavy (non-hydrogen) atoms. The number of benzene rings is 2. The second-order valence-corrected chi connectivity index (χ2v) is 6.86. The van der Waals surface area contributed by atoms with Crippen molar-refractivity contribution in [2.75, 3.05) is 21.3 Å². The number of para-hydroxylation sites is 1. The van der Waals surface area contributed by atoms with Gasteiger partial charge < -0.3 is 19.4 Å². The Hall–Kier alpha value is -2.95. The molecule has 5 heteroatoms. The first-order valence-corrected chi connectivity index (χ1v) is 8.96. The van der Waals surface area contributed by atoms with Gasteiger partial charge in [0.1, 0.15) is 0 Å². The second kappa shape index (κ2) is 7.74. The number of methoxy groups -OCH3 is 2. The first-order chi connectivity index (χ1) is 12.9. The van der Waals surface area contributed by atoms with E-state index in [1.54, 1.807) is 19.1 Å². The van der Waals surface area contributed by atoms with E-state index in [0.29, 0.717) is 24.5 Å². The summed E-state index contributed by atoms with van der Waals surface area (Å²) >= 11 is 0. The number of ether oxygens (including phenoxy) is 2. The fourth-order valence-corrected chi connectivity index (χ4v) is 3.43. The van der Waals surface area contributed by atoms with Gasteiger partial charge in [-0.3, -0.25) is 4.79 Å². The Balaban J connectivity index is 1.81. The van der Waals surface area contributed by atoms with Crippen LogP contribution < -0.4 is 9.47 Å². The van der Waals surface area contributed by atoms with E-state index < -0.39 is 0 Å². The highest BCUT2D eigenvalue weighted by Crippen LogP contribution is 2.31. The Bertz CT molecular complexity index is 975. The quantitative estimate of drug-likeness (QED) is 0.717. The van der Waals surface area contributed by atoms with E-state index in [1.165, 1.54) is 5.56 Å². The number of carbonyl (C=O) groups is 1. The number of nitrogens with zero attached hydrogens (tertiary/aromatic N) is 1. The number of nitrogens with one attached hydrogen (secondary N) is 1. The van der Waals surface area contributed by atoms with Gasteiger partial charge in [0.2, 0.25) is 5.91 Å². The van der Waals surface area contributed by atoms with E-state index in [4.69, 9.17) is 9.47 Å². The zero-order valence-electron chi connectivity index (χ0n) is 16.6. The van der Waals surface area contributed by atoms with E-state index in [2.05, 4.69) is 30.1 Å². The average molecular weight is 366 g/mol. The third-order valence-electron chi connectivity index (χ3n) is 4.92. The molecule has 0 saturated heterocycles. The molecule has 1 aromatic heterocycles. The molecular weight excluding hydrogens is 340 g/mol. The molecule has 0 saturated carbocycles. The van der Waals surface area contributed by atoms with Gasteiger partial charge in [-0.15, -0.1) is 0 Å². The molecule has 5 nitrogen and oxygen atoms in total. The van der Waals surface area contributed by atoms with Crippen LogP contribution in [0.3, 0.4) is 0 Å². The Morgan fingerprint density at radius 3 is 2.59 bits per heavy atom. The van der Waals surface area contributed by atoms with E-state index in [-0.39, 0.29) is 5.91 Å². The molecule has 0 bridgehead atoms. The van der Waals surface area contributed by atoms with Gasteiger partial charge in [0, 0.05) is 35.8 Å². The van der Waals surface area contributed by atoms with Gasteiger partial charge in [-0.1, -0.05) is 23.8 Å². The smallest absolute Gasteiger partial charge is 0.227 e. The molecule has 0 aliphatic carbocycles. The summed E-state index contributed by atoms with van der Waals surface area (Å²) in [6.07, 6.45) is 0.359. The fraction of sp³-hybridized carbons (Fsp3) is 0.318. The van der Waals surface area contributed by atoms with Crippen molar-refractivity contribution < 1.29 is 14.3 Å². The summed E-state index contributed by atoms with van der Waals surface area (Å²) in [6.45, 7) is 4.54. The SMILES string of the molecule is COc1cccc(CN(C)C(=O)Cc2c(C)[nH]c3ccc(C)cc23)c1OC. The zero-order valence-corrected chi connectivity index (χ0v) is 16.6. The number of amides is 1. The van der Waals surface area contributed by atoms with Gasteiger partial charge in [-0.05, 0) is 37.6 Å². The van der Waals surface area contributed by atoms with Gasteiger partial charge in [0.25, 0.3) is 0 Å². The van der Waals surface area contributed by atoms with Crippen LogP contribution in [0.2, 0.25) is 0 Å². The number of aromatic amines is 1. The Morgan fingerprint density at radius 1 is 1.11 bits per heavy atom. The first kappa shape index (κ1) is 18.8. The molecular formula is C22H26N2O3. The second-order valence-electron chi connectivity index (χ2n) is 6.86. The molecule has 0 aliphatic heterocycles. The van der Waals surface area contributed by atoms with Crippen LogP contribution in [0.5, 0.6) is 11.5 Å². The Labute approximate surface area is 159 Å². The summed E-state index contributed by atoms with van der Waals surface area (Å²) in [6, 6.07) is 12.0. The molecule has 142 valence electrons. The highest BCUT2D eigenvalue weighted by Gasteiger charge is 2.18. The van der Waals surface area contributed by atoms with Crippen LogP contribution in [0.15, 0.2) is 36.4 Å². The molecule has 1 amide bonds. The molecule has 3 aromatic rings. The Morgan fingerprint density at radius 2 is 1.89 bits per heavy atom. The third-order valence-corrected chi connectivity index (χ3v) is 4.92. The molecule has 1 heterocycles. The van der Waals surface area contributed by atoms with Crippen molar-refractivity contribution in [2.45, 2.75) is 26.8 Å². The van der Waals surface area contributed by atoms with E-state index in [0.717, 1.165) is 27.7 Å². The summed E-state index contributed by atoms with van der Waals surface area (Å²) in [5.74, 6) is 1.39. The average Bonchev–Trinajstić information content (AvgIpc) is 2.96. The molecule has 0 aliphatic rings. The van der Waals surface area contributed by atoms with E-state index >= 15 is 0 Å². The molecule has 0 unspecified atom stereocenters. The normalized spacial score (nSPS) is 10.9. The van der Waals surface area contributed by atoms with Gasteiger partial charge >= 0.3 is 0 Å². The number of fused-ring (bicyclic) bond motifs is 1. The van der Waals surface area contributed by atoms with Crippen LogP contribution in [0.4, 0.5) is 0 Å². The molecule has 0 radical (unpaired) electrons. The lowest BCUT2D eigenvalue weighted by molar-refractivity contribution is -0.129. The number of rotatable bonds is 6. The largest absolute Gasteiger partial charge is 0.493 e. The summed E-state index contributed by atoms with van der Waals surface area (Å²) < 4.78 is 10.8. The maximum Gasteiger partial charge on any atom is 0.227 e. The van der Waals surface area contributed by atoms with Gasteiger partial charge in [0.15, 0.2) is 11.5 Å². The van der Waals surface area contributed by atoms with Crippen molar-refractivity contribution in [3.05, 3.63) is 58.8 Å². The minimum absolute atomic E-state index is 0.0605. The lowest BCUT2D eigenvalue weighted by Gasteiger charge is -2.20. The fourth-order valence-electron chi connectivity index (χ4n) is 3.43. The van der Waals surface area contributed by atoms with Crippen LogP contribution in [0.1, 0.15) is 22.4 Å². The minimum atomic E-state index is 0.0605. The number of H-pyrrole nitrogens is 1. The summed E-state index contributed by atoms with van der Waals surface area (Å²) in [7, 11) is 5.04. The number of likely N-dealkylation sites (N-methyl/N-ethyl adjacent to an activating group) is 1. The number of hydrogen-bond donors (Lipinski definition) is 1. The van der Waals surface area contributed by atoms with Crippen molar-refractivity contribution in [1.82, 2.24) is 9.88 Å². The predicted octanol–water partition coefficient (Wildman–Crippen LogP) is 4.00. The number of aryl methyl sites for hydroxylation is 2. The molecule has 2 aromatic carbocycles. The van der Waals surface area contributed by atoms with Crippen LogP contribution in [-0.2, 0) is 17.8 Å².